The molecule has 0 bridgehead atoms. The van der Waals surface area contributed by atoms with Gasteiger partial charge in [-0.05, 0) is 42.8 Å². The lowest BCUT2D eigenvalue weighted by Crippen LogP contribution is -2.35. The number of carbonyl (C=O) groups is 2. The van der Waals surface area contributed by atoms with Crippen molar-refractivity contribution in [1.29, 1.82) is 0 Å². The number of rotatable bonds is 4. The number of carboxylic acid groups (broad SMARTS) is 1. The second-order valence-corrected chi connectivity index (χ2v) is 4.95. The molecule has 1 aromatic carbocycles. The lowest BCUT2D eigenvalue weighted by atomic mass is 10.2. The maximum Gasteiger partial charge on any atom is 0.323 e. The van der Waals surface area contributed by atoms with Gasteiger partial charge < -0.3 is 5.11 Å². The van der Waals surface area contributed by atoms with Crippen molar-refractivity contribution in [3.8, 4) is 0 Å². The van der Waals surface area contributed by atoms with E-state index in [9.17, 15) is 9.59 Å². The van der Waals surface area contributed by atoms with Crippen LogP contribution in [0.5, 0.6) is 0 Å². The summed E-state index contributed by atoms with van der Waals surface area (Å²) in [6.45, 7) is 1.38. The monoisotopic (exact) mass is 304 g/mol. The number of hydrogen-bond acceptors (Lipinski definition) is 3. The molecule has 6 heteroatoms. The van der Waals surface area contributed by atoms with E-state index in [1.54, 1.807) is 36.5 Å². The first-order valence-electron chi connectivity index (χ1n) is 6.18. The fourth-order valence-corrected chi connectivity index (χ4v) is 1.99. The van der Waals surface area contributed by atoms with Gasteiger partial charge in [-0.15, -0.1) is 0 Å². The van der Waals surface area contributed by atoms with Crippen LogP contribution in [0.1, 0.15) is 15.9 Å². The average Bonchev–Trinajstić information content (AvgIpc) is 2.45. The van der Waals surface area contributed by atoms with Gasteiger partial charge in [0.05, 0.1) is 5.56 Å². The Bertz CT molecular complexity index is 671. The predicted molar refractivity (Wildman–Crippen MR) is 79.7 cm³/mol. The van der Waals surface area contributed by atoms with Gasteiger partial charge in [0.15, 0.2) is 0 Å². The molecule has 0 spiro atoms. The summed E-state index contributed by atoms with van der Waals surface area (Å²) in [5.41, 5.74) is 1.63. The average molecular weight is 305 g/mol. The molecule has 0 radical (unpaired) electrons. The van der Waals surface area contributed by atoms with Crippen LogP contribution < -0.4 is 4.90 Å². The normalized spacial score (nSPS) is 10.2. The lowest BCUT2D eigenvalue weighted by Gasteiger charge is -2.21. The number of nitrogens with zero attached hydrogens (tertiary/aromatic N) is 2. The Balaban J connectivity index is 2.38. The van der Waals surface area contributed by atoms with Crippen molar-refractivity contribution in [3.63, 3.8) is 0 Å². The Morgan fingerprint density at radius 1 is 1.24 bits per heavy atom. The fourth-order valence-electron chi connectivity index (χ4n) is 1.86. The van der Waals surface area contributed by atoms with Crippen LogP contribution in [0.15, 0.2) is 42.7 Å². The minimum atomic E-state index is -1.10. The Kier molecular flexibility index (Phi) is 4.55. The molecule has 0 aliphatic carbocycles. The number of pyridine rings is 1. The first-order chi connectivity index (χ1) is 9.97. The summed E-state index contributed by atoms with van der Waals surface area (Å²) in [5, 5.41) is 9.53. The van der Waals surface area contributed by atoms with E-state index in [4.69, 9.17) is 16.7 Å². The van der Waals surface area contributed by atoms with Gasteiger partial charge in [-0.25, -0.2) is 0 Å². The van der Waals surface area contributed by atoms with Crippen LogP contribution in [0, 0.1) is 6.92 Å². The minimum absolute atomic E-state index is 0.339. The molecule has 1 amide bonds. The van der Waals surface area contributed by atoms with Gasteiger partial charge in [0.2, 0.25) is 0 Å². The zero-order valence-electron chi connectivity index (χ0n) is 11.3. The van der Waals surface area contributed by atoms with Crippen molar-refractivity contribution in [2.45, 2.75) is 6.92 Å². The summed E-state index contributed by atoms with van der Waals surface area (Å²) < 4.78 is 0. The number of carbonyl (C=O) groups excluding carboxylic acids is 1. The van der Waals surface area contributed by atoms with Crippen LogP contribution >= 0.6 is 11.6 Å². The first kappa shape index (κ1) is 15.0. The third-order valence-corrected chi connectivity index (χ3v) is 3.05. The molecule has 0 saturated heterocycles. The van der Waals surface area contributed by atoms with Gasteiger partial charge in [-0.3, -0.25) is 19.5 Å². The van der Waals surface area contributed by atoms with E-state index in [0.717, 1.165) is 5.56 Å². The number of carboxylic acids is 1. The highest BCUT2D eigenvalue weighted by Gasteiger charge is 2.20. The highest BCUT2D eigenvalue weighted by Crippen LogP contribution is 2.20. The van der Waals surface area contributed by atoms with E-state index in [-0.39, 0.29) is 0 Å². The molecule has 1 heterocycles. The summed E-state index contributed by atoms with van der Waals surface area (Å²) in [6, 6.07) is 8.08. The van der Waals surface area contributed by atoms with Crippen molar-refractivity contribution >= 4 is 29.2 Å². The molecule has 0 aliphatic heterocycles. The maximum absolute atomic E-state index is 12.5. The second-order valence-electron chi connectivity index (χ2n) is 4.51. The van der Waals surface area contributed by atoms with E-state index in [2.05, 4.69) is 4.98 Å². The van der Waals surface area contributed by atoms with Crippen molar-refractivity contribution < 1.29 is 14.7 Å². The molecule has 21 heavy (non-hydrogen) atoms. The number of aryl methyl sites for hydroxylation is 1. The quantitative estimate of drug-likeness (QED) is 0.943. The van der Waals surface area contributed by atoms with Crippen molar-refractivity contribution in [1.82, 2.24) is 4.98 Å². The number of halogens is 1. The molecule has 108 valence electrons. The Labute approximate surface area is 126 Å². The van der Waals surface area contributed by atoms with Gasteiger partial charge in [0, 0.05) is 23.1 Å². The molecule has 0 saturated carbocycles. The minimum Gasteiger partial charge on any atom is -0.480 e. The van der Waals surface area contributed by atoms with Crippen LogP contribution in [0.25, 0.3) is 0 Å². The van der Waals surface area contributed by atoms with Gasteiger partial charge >= 0.3 is 5.97 Å². The summed E-state index contributed by atoms with van der Waals surface area (Å²) in [5.74, 6) is -1.52. The van der Waals surface area contributed by atoms with E-state index in [1.807, 2.05) is 6.92 Å². The molecular weight excluding hydrogens is 292 g/mol. The smallest absolute Gasteiger partial charge is 0.323 e. The Hall–Kier alpha value is -2.40. The Morgan fingerprint density at radius 3 is 2.48 bits per heavy atom. The molecule has 2 aromatic rings. The summed E-state index contributed by atoms with van der Waals surface area (Å²) in [7, 11) is 0. The highest BCUT2D eigenvalue weighted by molar-refractivity contribution is 6.30. The van der Waals surface area contributed by atoms with E-state index in [1.165, 1.54) is 11.1 Å². The van der Waals surface area contributed by atoms with Crippen LogP contribution in [0.4, 0.5) is 5.69 Å². The molecule has 5 nitrogen and oxygen atoms in total. The van der Waals surface area contributed by atoms with Crippen LogP contribution in [-0.2, 0) is 4.79 Å². The van der Waals surface area contributed by atoms with E-state index >= 15 is 0 Å². The fraction of sp³-hybridized carbons (Fsp3) is 0.133. The van der Waals surface area contributed by atoms with Gasteiger partial charge in [-0.2, -0.15) is 0 Å². The van der Waals surface area contributed by atoms with E-state index in [0.29, 0.717) is 16.3 Å². The van der Waals surface area contributed by atoms with Crippen LogP contribution in [0.3, 0.4) is 0 Å². The van der Waals surface area contributed by atoms with Crippen molar-refractivity contribution in [2.24, 2.45) is 0 Å². The summed E-state index contributed by atoms with van der Waals surface area (Å²) in [6.07, 6.45) is 3.04. The zero-order valence-corrected chi connectivity index (χ0v) is 12.0. The third-order valence-electron chi connectivity index (χ3n) is 2.80. The third kappa shape index (κ3) is 3.79. The van der Waals surface area contributed by atoms with Crippen molar-refractivity contribution in [3.05, 3.63) is 58.9 Å². The number of benzene rings is 1. The SMILES string of the molecule is Cc1cncc(C(=O)N(CC(=O)O)c2ccc(Cl)cc2)c1. The van der Waals surface area contributed by atoms with Gasteiger partial charge in [0.1, 0.15) is 6.54 Å². The molecule has 0 atom stereocenters. The molecule has 1 N–H and O–H groups in total. The van der Waals surface area contributed by atoms with Gasteiger partial charge in [0.25, 0.3) is 5.91 Å². The number of hydrogen-bond donors (Lipinski definition) is 1. The predicted octanol–water partition coefficient (Wildman–Crippen LogP) is 2.77. The summed E-state index contributed by atoms with van der Waals surface area (Å²) in [4.78, 5) is 28.7. The molecule has 0 aliphatic rings. The number of aromatic nitrogens is 1. The number of aliphatic carboxylic acids is 1. The number of amides is 1. The Morgan fingerprint density at radius 2 is 1.90 bits per heavy atom. The van der Waals surface area contributed by atoms with E-state index < -0.39 is 18.4 Å². The molecule has 0 fully saturated rings. The standard InChI is InChI=1S/C15H13ClN2O3/c1-10-6-11(8-17-7-10)15(21)18(9-14(19)20)13-4-2-12(16)3-5-13/h2-8H,9H2,1H3,(H,19,20). The number of anilines is 1. The topological polar surface area (TPSA) is 70.5 Å². The van der Waals surface area contributed by atoms with Gasteiger partial charge in [-0.1, -0.05) is 11.6 Å². The molecule has 2 rings (SSSR count). The first-order valence-corrected chi connectivity index (χ1v) is 6.56. The molecule has 0 unspecified atom stereocenters. The van der Waals surface area contributed by atoms with Crippen LogP contribution in [0.2, 0.25) is 5.02 Å². The lowest BCUT2D eigenvalue weighted by molar-refractivity contribution is -0.135. The summed E-state index contributed by atoms with van der Waals surface area (Å²) >= 11 is 5.81. The van der Waals surface area contributed by atoms with Crippen molar-refractivity contribution in [2.75, 3.05) is 11.4 Å². The largest absolute Gasteiger partial charge is 0.480 e. The zero-order chi connectivity index (χ0) is 15.4. The second kappa shape index (κ2) is 6.37. The maximum atomic E-state index is 12.5. The van der Waals surface area contributed by atoms with Crippen LogP contribution in [-0.4, -0.2) is 28.5 Å². The highest BCUT2D eigenvalue weighted by atomic mass is 35.5. The molecular formula is C15H13ClN2O3. The molecule has 1 aromatic heterocycles.